The van der Waals surface area contributed by atoms with Crippen molar-refractivity contribution in [2.24, 2.45) is 0 Å². The number of hydrogen-bond acceptors (Lipinski definition) is 3. The molecule has 6 heteroatoms. The Balaban J connectivity index is 1.79. The van der Waals surface area contributed by atoms with Crippen LogP contribution in [0.4, 0.5) is 15.8 Å². The van der Waals surface area contributed by atoms with Gasteiger partial charge in [-0.15, -0.1) is 0 Å². The highest BCUT2D eigenvalue weighted by molar-refractivity contribution is 9.10. The van der Waals surface area contributed by atoms with Crippen LogP contribution in [0, 0.1) is 5.82 Å². The molecule has 1 fully saturated rings. The summed E-state index contributed by atoms with van der Waals surface area (Å²) in [6.07, 6.45) is 0.0757. The van der Waals surface area contributed by atoms with Gasteiger partial charge in [0.2, 0.25) is 5.91 Å². The van der Waals surface area contributed by atoms with Crippen molar-refractivity contribution >= 4 is 39.1 Å². The summed E-state index contributed by atoms with van der Waals surface area (Å²) in [5, 5.41) is 2.97. The molecular formula is C16H12BrFN2O2. The van der Waals surface area contributed by atoms with Crippen LogP contribution in [0.1, 0.15) is 6.42 Å². The van der Waals surface area contributed by atoms with E-state index < -0.39 is 6.04 Å². The molecule has 0 aromatic heterocycles. The summed E-state index contributed by atoms with van der Waals surface area (Å²) in [6, 6.07) is 12.0. The lowest BCUT2D eigenvalue weighted by Gasteiger charge is -2.16. The maximum Gasteiger partial charge on any atom is 0.256 e. The molecule has 0 saturated carbocycles. The van der Waals surface area contributed by atoms with Gasteiger partial charge >= 0.3 is 0 Å². The van der Waals surface area contributed by atoms with E-state index >= 15 is 0 Å². The lowest BCUT2D eigenvalue weighted by atomic mass is 10.2. The van der Waals surface area contributed by atoms with Crippen LogP contribution in [-0.2, 0) is 9.59 Å². The predicted molar refractivity (Wildman–Crippen MR) is 85.1 cm³/mol. The average Bonchev–Trinajstić information content (AvgIpc) is 2.77. The molecule has 2 amide bonds. The lowest BCUT2D eigenvalue weighted by molar-refractivity contribution is -0.121. The van der Waals surface area contributed by atoms with E-state index in [1.54, 1.807) is 24.3 Å². The Morgan fingerprint density at radius 2 is 1.68 bits per heavy atom. The Kier molecular flexibility index (Phi) is 3.94. The maximum absolute atomic E-state index is 12.9. The number of halogens is 2. The third kappa shape index (κ3) is 2.87. The molecule has 0 bridgehead atoms. The first-order valence-corrected chi connectivity index (χ1v) is 7.48. The summed E-state index contributed by atoms with van der Waals surface area (Å²) in [5.41, 5.74) is 1.15. The minimum atomic E-state index is -0.637. The number of benzene rings is 2. The van der Waals surface area contributed by atoms with Crippen LogP contribution in [0.3, 0.4) is 0 Å². The molecule has 1 heterocycles. The molecule has 2 aromatic rings. The number of carbonyl (C=O) groups is 2. The third-order valence-electron chi connectivity index (χ3n) is 3.42. The highest BCUT2D eigenvalue weighted by Crippen LogP contribution is 2.26. The van der Waals surface area contributed by atoms with Crippen molar-refractivity contribution in [2.45, 2.75) is 12.5 Å². The first kappa shape index (κ1) is 14.7. The summed E-state index contributed by atoms with van der Waals surface area (Å²) >= 11 is 3.31. The second kappa shape index (κ2) is 5.88. The molecule has 3 rings (SSSR count). The molecule has 22 heavy (non-hydrogen) atoms. The van der Waals surface area contributed by atoms with Crippen LogP contribution in [0.5, 0.6) is 0 Å². The first-order chi connectivity index (χ1) is 10.5. The van der Waals surface area contributed by atoms with E-state index in [0.29, 0.717) is 11.4 Å². The number of rotatable bonds is 3. The van der Waals surface area contributed by atoms with Crippen LogP contribution in [-0.4, -0.2) is 17.9 Å². The summed E-state index contributed by atoms with van der Waals surface area (Å²) in [4.78, 5) is 25.7. The number of imide groups is 1. The van der Waals surface area contributed by atoms with Gasteiger partial charge < -0.3 is 5.32 Å². The van der Waals surface area contributed by atoms with Gasteiger partial charge in [-0.05, 0) is 48.5 Å². The van der Waals surface area contributed by atoms with E-state index in [1.165, 1.54) is 29.2 Å². The van der Waals surface area contributed by atoms with Crippen LogP contribution < -0.4 is 10.2 Å². The summed E-state index contributed by atoms with van der Waals surface area (Å²) < 4.78 is 13.8. The Labute approximate surface area is 135 Å². The van der Waals surface area contributed by atoms with Crippen LogP contribution >= 0.6 is 15.9 Å². The molecule has 0 radical (unpaired) electrons. The molecule has 0 spiro atoms. The zero-order chi connectivity index (χ0) is 15.7. The molecule has 4 nitrogen and oxygen atoms in total. The second-order valence-electron chi connectivity index (χ2n) is 4.95. The SMILES string of the molecule is O=C1CC(Nc2ccc(F)cc2)C(=O)N1c1ccc(Br)cc1. The quantitative estimate of drug-likeness (QED) is 0.852. The van der Waals surface area contributed by atoms with Gasteiger partial charge in [-0.25, -0.2) is 9.29 Å². The van der Waals surface area contributed by atoms with Gasteiger partial charge in [0.15, 0.2) is 0 Å². The number of anilines is 2. The fraction of sp³-hybridized carbons (Fsp3) is 0.125. The fourth-order valence-electron chi connectivity index (χ4n) is 2.35. The molecule has 0 aliphatic carbocycles. The van der Waals surface area contributed by atoms with Crippen molar-refractivity contribution in [3.63, 3.8) is 0 Å². The van der Waals surface area contributed by atoms with Gasteiger partial charge in [-0.2, -0.15) is 0 Å². The first-order valence-electron chi connectivity index (χ1n) is 6.69. The average molecular weight is 363 g/mol. The molecule has 1 aliphatic rings. The summed E-state index contributed by atoms with van der Waals surface area (Å²) in [5.74, 6) is -0.917. The van der Waals surface area contributed by atoms with Crippen LogP contribution in [0.25, 0.3) is 0 Å². The summed E-state index contributed by atoms with van der Waals surface area (Å²) in [6.45, 7) is 0. The minimum Gasteiger partial charge on any atom is -0.373 e. The van der Waals surface area contributed by atoms with Crippen LogP contribution in [0.15, 0.2) is 53.0 Å². The van der Waals surface area contributed by atoms with Crippen LogP contribution in [0.2, 0.25) is 0 Å². The second-order valence-corrected chi connectivity index (χ2v) is 5.87. The standard InChI is InChI=1S/C16H12BrFN2O2/c17-10-1-7-13(8-2-10)20-15(21)9-14(16(20)22)19-12-5-3-11(18)4-6-12/h1-8,14,19H,9H2. The Morgan fingerprint density at radius 3 is 2.32 bits per heavy atom. The Hall–Kier alpha value is -2.21. The van der Waals surface area contributed by atoms with Gasteiger partial charge in [0.1, 0.15) is 11.9 Å². The molecule has 1 atom stereocenters. The molecule has 1 saturated heterocycles. The van der Waals surface area contributed by atoms with Gasteiger partial charge in [0.25, 0.3) is 5.91 Å². The van der Waals surface area contributed by atoms with Crippen molar-refractivity contribution in [1.82, 2.24) is 0 Å². The molecule has 2 aromatic carbocycles. The van der Waals surface area contributed by atoms with Crippen molar-refractivity contribution in [2.75, 3.05) is 10.2 Å². The van der Waals surface area contributed by atoms with E-state index in [2.05, 4.69) is 21.2 Å². The number of nitrogens with one attached hydrogen (secondary N) is 1. The zero-order valence-electron chi connectivity index (χ0n) is 11.4. The van der Waals surface area contributed by atoms with E-state index in [-0.39, 0.29) is 24.1 Å². The van der Waals surface area contributed by atoms with E-state index in [0.717, 1.165) is 4.47 Å². The van der Waals surface area contributed by atoms with Gasteiger partial charge in [0.05, 0.1) is 12.1 Å². The molecule has 1 N–H and O–H groups in total. The fourth-order valence-corrected chi connectivity index (χ4v) is 2.62. The van der Waals surface area contributed by atoms with Gasteiger partial charge in [0, 0.05) is 10.2 Å². The monoisotopic (exact) mass is 362 g/mol. The third-order valence-corrected chi connectivity index (χ3v) is 3.95. The highest BCUT2D eigenvalue weighted by atomic mass is 79.9. The molecular weight excluding hydrogens is 351 g/mol. The molecule has 112 valence electrons. The number of amides is 2. The molecule has 1 aliphatic heterocycles. The van der Waals surface area contributed by atoms with Crippen molar-refractivity contribution in [1.29, 1.82) is 0 Å². The largest absolute Gasteiger partial charge is 0.373 e. The van der Waals surface area contributed by atoms with Crippen molar-refractivity contribution < 1.29 is 14.0 Å². The number of hydrogen-bond donors (Lipinski definition) is 1. The van der Waals surface area contributed by atoms with Gasteiger partial charge in [-0.3, -0.25) is 9.59 Å². The zero-order valence-corrected chi connectivity index (χ0v) is 13.0. The lowest BCUT2D eigenvalue weighted by Crippen LogP contribution is -2.34. The van der Waals surface area contributed by atoms with E-state index in [1.807, 2.05) is 0 Å². The van der Waals surface area contributed by atoms with E-state index in [9.17, 15) is 14.0 Å². The Morgan fingerprint density at radius 1 is 1.05 bits per heavy atom. The normalized spacial score (nSPS) is 17.9. The smallest absolute Gasteiger partial charge is 0.256 e. The molecule has 1 unspecified atom stereocenters. The Bertz CT molecular complexity index is 716. The topological polar surface area (TPSA) is 49.4 Å². The predicted octanol–water partition coefficient (Wildman–Crippen LogP) is 3.33. The number of nitrogens with zero attached hydrogens (tertiary/aromatic N) is 1. The summed E-state index contributed by atoms with van der Waals surface area (Å²) in [7, 11) is 0. The van der Waals surface area contributed by atoms with Crippen molar-refractivity contribution in [3.05, 3.63) is 58.8 Å². The van der Waals surface area contributed by atoms with E-state index in [4.69, 9.17) is 0 Å². The number of carbonyl (C=O) groups excluding carboxylic acids is 2. The maximum atomic E-state index is 12.9. The highest BCUT2D eigenvalue weighted by Gasteiger charge is 2.39. The van der Waals surface area contributed by atoms with Crippen molar-refractivity contribution in [3.8, 4) is 0 Å². The van der Waals surface area contributed by atoms with Gasteiger partial charge in [-0.1, -0.05) is 15.9 Å². The minimum absolute atomic E-state index is 0.0757.